The molecule has 0 aromatic heterocycles. The summed E-state index contributed by atoms with van der Waals surface area (Å²) < 4.78 is 0. The molecule has 0 aliphatic heterocycles. The van der Waals surface area contributed by atoms with Crippen LogP contribution in [0.15, 0.2) is 0 Å². The van der Waals surface area contributed by atoms with Crippen molar-refractivity contribution in [1.29, 1.82) is 0 Å². The van der Waals surface area contributed by atoms with E-state index in [9.17, 15) is 9.59 Å². The van der Waals surface area contributed by atoms with E-state index in [1.807, 2.05) is 0 Å². The Hall–Kier alpha value is -0.860. The molecule has 0 unspecified atom stereocenters. The largest absolute Gasteiger partial charge is 0.481 e. The zero-order valence-corrected chi connectivity index (χ0v) is 8.50. The number of carbonyl (C=O) groups is 2. The molecule has 0 aromatic rings. The Morgan fingerprint density at radius 3 is 2.43 bits per heavy atom. The Kier molecular flexibility index (Phi) is 4.63. The Morgan fingerprint density at radius 1 is 1.21 bits per heavy atom. The minimum Gasteiger partial charge on any atom is -0.481 e. The number of carboxylic acid groups (broad SMARTS) is 1. The summed E-state index contributed by atoms with van der Waals surface area (Å²) >= 11 is 0. The summed E-state index contributed by atoms with van der Waals surface area (Å²) in [6.45, 7) is 0. The fourth-order valence-corrected chi connectivity index (χ4v) is 2.14. The molecule has 14 heavy (non-hydrogen) atoms. The molecule has 80 valence electrons. The van der Waals surface area contributed by atoms with Gasteiger partial charge in [0.05, 0.1) is 0 Å². The van der Waals surface area contributed by atoms with Crippen LogP contribution in [0.25, 0.3) is 0 Å². The van der Waals surface area contributed by atoms with E-state index in [1.165, 1.54) is 25.7 Å². The highest BCUT2D eigenvalue weighted by molar-refractivity contribution is 5.94. The number of hydrogen-bond acceptors (Lipinski definition) is 2. The minimum atomic E-state index is -1.00. The van der Waals surface area contributed by atoms with Crippen molar-refractivity contribution in [3.05, 3.63) is 0 Å². The summed E-state index contributed by atoms with van der Waals surface area (Å²) in [6, 6.07) is 0. The molecule has 1 aliphatic rings. The van der Waals surface area contributed by atoms with Gasteiger partial charge in [-0.2, -0.15) is 0 Å². The normalized spacial score (nSPS) is 17.1. The smallest absolute Gasteiger partial charge is 0.310 e. The van der Waals surface area contributed by atoms with E-state index < -0.39 is 5.97 Å². The van der Waals surface area contributed by atoms with E-state index in [-0.39, 0.29) is 12.2 Å². The van der Waals surface area contributed by atoms with Crippen molar-refractivity contribution >= 4 is 11.8 Å². The number of rotatable bonds is 6. The summed E-state index contributed by atoms with van der Waals surface area (Å²) in [7, 11) is 0. The molecule has 0 spiro atoms. The predicted molar refractivity (Wildman–Crippen MR) is 53.1 cm³/mol. The summed E-state index contributed by atoms with van der Waals surface area (Å²) in [4.78, 5) is 21.3. The molecule has 1 rings (SSSR count). The van der Waals surface area contributed by atoms with Crippen molar-refractivity contribution in [3.63, 3.8) is 0 Å². The zero-order valence-electron chi connectivity index (χ0n) is 8.50. The van der Waals surface area contributed by atoms with Crippen LogP contribution in [0.3, 0.4) is 0 Å². The van der Waals surface area contributed by atoms with Gasteiger partial charge in [0.25, 0.3) is 0 Å². The number of hydrogen-bond donors (Lipinski definition) is 1. The summed E-state index contributed by atoms with van der Waals surface area (Å²) in [5.74, 6) is -0.334. The molecule has 3 nitrogen and oxygen atoms in total. The van der Waals surface area contributed by atoms with E-state index in [4.69, 9.17) is 5.11 Å². The van der Waals surface area contributed by atoms with E-state index in [1.54, 1.807) is 0 Å². The van der Waals surface area contributed by atoms with E-state index >= 15 is 0 Å². The minimum absolute atomic E-state index is 0.129. The molecule has 0 saturated heterocycles. The molecule has 1 saturated carbocycles. The first-order valence-corrected chi connectivity index (χ1v) is 5.42. The van der Waals surface area contributed by atoms with E-state index in [0.717, 1.165) is 18.8 Å². The molecule has 3 heteroatoms. The van der Waals surface area contributed by atoms with Crippen LogP contribution in [0, 0.1) is 5.92 Å². The Bertz CT molecular complexity index is 205. The number of ketones is 1. The Morgan fingerprint density at radius 2 is 1.86 bits per heavy atom. The predicted octanol–water partition coefficient (Wildman–Crippen LogP) is 2.39. The lowest BCUT2D eigenvalue weighted by Crippen LogP contribution is -2.06. The van der Waals surface area contributed by atoms with Gasteiger partial charge in [-0.1, -0.05) is 32.1 Å². The SMILES string of the molecule is O=C(O)CC(=O)CCCC1CCCC1. The van der Waals surface area contributed by atoms with Crippen LogP contribution in [0.5, 0.6) is 0 Å². The highest BCUT2D eigenvalue weighted by Gasteiger charge is 2.15. The Labute approximate surface area is 84.5 Å². The number of carboxylic acids is 1. The van der Waals surface area contributed by atoms with Crippen LogP contribution in [0.1, 0.15) is 51.4 Å². The summed E-state index contributed by atoms with van der Waals surface area (Å²) in [6.07, 6.45) is 7.37. The maximum absolute atomic E-state index is 11.0. The maximum Gasteiger partial charge on any atom is 0.310 e. The molecular weight excluding hydrogens is 180 g/mol. The molecule has 0 atom stereocenters. The van der Waals surface area contributed by atoms with Gasteiger partial charge in [-0.15, -0.1) is 0 Å². The fraction of sp³-hybridized carbons (Fsp3) is 0.818. The lowest BCUT2D eigenvalue weighted by Gasteiger charge is -2.06. The van der Waals surface area contributed by atoms with Crippen molar-refractivity contribution in [2.24, 2.45) is 5.92 Å². The fourth-order valence-electron chi connectivity index (χ4n) is 2.14. The molecule has 0 aromatic carbocycles. The third kappa shape index (κ3) is 4.40. The molecule has 1 fully saturated rings. The van der Waals surface area contributed by atoms with Crippen LogP contribution in [-0.2, 0) is 9.59 Å². The van der Waals surface area contributed by atoms with Gasteiger partial charge < -0.3 is 5.11 Å². The first-order valence-electron chi connectivity index (χ1n) is 5.42. The van der Waals surface area contributed by atoms with Crippen LogP contribution < -0.4 is 0 Å². The first kappa shape index (κ1) is 11.2. The second-order valence-corrected chi connectivity index (χ2v) is 4.15. The van der Waals surface area contributed by atoms with Crippen LogP contribution in [-0.4, -0.2) is 16.9 Å². The van der Waals surface area contributed by atoms with Gasteiger partial charge in [0.15, 0.2) is 0 Å². The average molecular weight is 198 g/mol. The highest BCUT2D eigenvalue weighted by atomic mass is 16.4. The van der Waals surface area contributed by atoms with Crippen LogP contribution in [0.4, 0.5) is 0 Å². The van der Waals surface area contributed by atoms with Crippen LogP contribution in [0.2, 0.25) is 0 Å². The highest BCUT2D eigenvalue weighted by Crippen LogP contribution is 2.28. The van der Waals surface area contributed by atoms with Crippen molar-refractivity contribution in [2.45, 2.75) is 51.4 Å². The lowest BCUT2D eigenvalue weighted by molar-refractivity contribution is -0.140. The number of aliphatic carboxylic acids is 1. The average Bonchev–Trinajstić information content (AvgIpc) is 2.55. The van der Waals surface area contributed by atoms with Gasteiger partial charge in [0, 0.05) is 6.42 Å². The molecular formula is C11H18O3. The van der Waals surface area contributed by atoms with Gasteiger partial charge in [-0.05, 0) is 12.3 Å². The number of Topliss-reactive ketones (excluding diaryl/α,β-unsaturated/α-hetero) is 1. The molecule has 0 bridgehead atoms. The molecule has 1 aliphatic carbocycles. The summed E-state index contributed by atoms with van der Waals surface area (Å²) in [5.41, 5.74) is 0. The van der Waals surface area contributed by atoms with Crippen molar-refractivity contribution in [2.75, 3.05) is 0 Å². The van der Waals surface area contributed by atoms with Gasteiger partial charge in [0.2, 0.25) is 0 Å². The van der Waals surface area contributed by atoms with Gasteiger partial charge >= 0.3 is 5.97 Å². The molecule has 0 amide bonds. The standard InChI is InChI=1S/C11H18O3/c12-10(8-11(13)14)7-3-6-9-4-1-2-5-9/h9H,1-8H2,(H,13,14). The van der Waals surface area contributed by atoms with Crippen LogP contribution >= 0.6 is 0 Å². The number of carbonyl (C=O) groups excluding carboxylic acids is 1. The zero-order chi connectivity index (χ0) is 10.4. The lowest BCUT2D eigenvalue weighted by atomic mass is 9.99. The van der Waals surface area contributed by atoms with Crippen molar-refractivity contribution in [1.82, 2.24) is 0 Å². The maximum atomic E-state index is 11.0. The second kappa shape index (κ2) is 5.78. The quantitative estimate of drug-likeness (QED) is 0.667. The third-order valence-electron chi connectivity index (χ3n) is 2.89. The molecule has 1 N–H and O–H groups in total. The van der Waals surface area contributed by atoms with Crippen molar-refractivity contribution < 1.29 is 14.7 Å². The monoisotopic (exact) mass is 198 g/mol. The molecule has 0 radical (unpaired) electrons. The van der Waals surface area contributed by atoms with Crippen molar-refractivity contribution in [3.8, 4) is 0 Å². The first-order chi connectivity index (χ1) is 6.68. The summed E-state index contributed by atoms with van der Waals surface area (Å²) in [5, 5.41) is 8.37. The Balaban J connectivity index is 2.02. The molecule has 0 heterocycles. The third-order valence-corrected chi connectivity index (χ3v) is 2.89. The second-order valence-electron chi connectivity index (χ2n) is 4.15. The van der Waals surface area contributed by atoms with E-state index in [2.05, 4.69) is 0 Å². The van der Waals surface area contributed by atoms with Gasteiger partial charge in [-0.3, -0.25) is 9.59 Å². The van der Waals surface area contributed by atoms with Gasteiger partial charge in [0.1, 0.15) is 12.2 Å². The topological polar surface area (TPSA) is 54.4 Å². The van der Waals surface area contributed by atoms with E-state index in [0.29, 0.717) is 6.42 Å². The van der Waals surface area contributed by atoms with Gasteiger partial charge in [-0.25, -0.2) is 0 Å².